The number of rotatable bonds is 8. The van der Waals surface area contributed by atoms with Crippen molar-refractivity contribution in [3.05, 3.63) is 76.3 Å². The van der Waals surface area contributed by atoms with Crippen LogP contribution in [0.25, 0.3) is 11.3 Å². The number of carboxylic acids is 1. The zero-order chi connectivity index (χ0) is 29.9. The van der Waals surface area contributed by atoms with Crippen LogP contribution in [0.15, 0.2) is 48.5 Å². The molecular formula is C35H43N3O5. The number of aromatic nitrogens is 1. The first-order valence-electron chi connectivity index (χ1n) is 15.6. The van der Waals surface area contributed by atoms with Crippen LogP contribution in [0.2, 0.25) is 0 Å². The van der Waals surface area contributed by atoms with Crippen LogP contribution in [0.3, 0.4) is 0 Å². The van der Waals surface area contributed by atoms with Gasteiger partial charge in [-0.25, -0.2) is 4.98 Å². The average Bonchev–Trinajstić information content (AvgIpc) is 3.47. The molecule has 1 N–H and O–H groups in total. The minimum atomic E-state index is -0.805. The van der Waals surface area contributed by atoms with Crippen LogP contribution in [-0.2, 0) is 33.7 Å². The van der Waals surface area contributed by atoms with Gasteiger partial charge in [-0.05, 0) is 85.5 Å². The van der Waals surface area contributed by atoms with E-state index in [1.54, 1.807) is 7.11 Å². The number of fused-ring (bicyclic) bond motifs is 1. The maximum atomic E-state index is 11.7. The number of piperidine rings is 1. The third kappa shape index (κ3) is 6.28. The number of para-hydroxylation sites is 1. The number of hydrogen-bond acceptors (Lipinski definition) is 7. The van der Waals surface area contributed by atoms with Gasteiger partial charge in [0.05, 0.1) is 24.3 Å². The molecule has 1 aromatic heterocycles. The molecule has 4 heterocycles. The van der Waals surface area contributed by atoms with Gasteiger partial charge in [-0.1, -0.05) is 30.3 Å². The van der Waals surface area contributed by atoms with Crippen LogP contribution in [0, 0.1) is 19.8 Å². The summed E-state index contributed by atoms with van der Waals surface area (Å²) in [4.78, 5) is 21.4. The van der Waals surface area contributed by atoms with E-state index in [0.29, 0.717) is 32.2 Å². The Labute approximate surface area is 254 Å². The number of ether oxygens (including phenoxy) is 3. The van der Waals surface area contributed by atoms with Crippen molar-refractivity contribution in [2.45, 2.75) is 58.3 Å². The molecule has 3 aromatic rings. The summed E-state index contributed by atoms with van der Waals surface area (Å²) in [6.07, 6.45) is 3.43. The number of anilines is 1. The minimum Gasteiger partial charge on any atom is -0.488 e. The largest absolute Gasteiger partial charge is 0.488 e. The van der Waals surface area contributed by atoms with Gasteiger partial charge >= 0.3 is 5.97 Å². The van der Waals surface area contributed by atoms with Crippen LogP contribution < -0.4 is 9.64 Å². The van der Waals surface area contributed by atoms with Gasteiger partial charge in [0.1, 0.15) is 18.2 Å². The van der Waals surface area contributed by atoms with Gasteiger partial charge < -0.3 is 24.2 Å². The second-order valence-electron chi connectivity index (χ2n) is 12.1. The highest BCUT2D eigenvalue weighted by Gasteiger charge is 2.35. The summed E-state index contributed by atoms with van der Waals surface area (Å²) in [5, 5.41) is 9.58. The Balaban J connectivity index is 1.19. The van der Waals surface area contributed by atoms with Crippen LogP contribution in [-0.4, -0.2) is 79.6 Å². The summed E-state index contributed by atoms with van der Waals surface area (Å²) in [6, 6.07) is 17.3. The molecule has 1 unspecified atom stereocenters. The lowest BCUT2D eigenvalue weighted by atomic mass is 9.94. The predicted octanol–water partition coefficient (Wildman–Crippen LogP) is 5.06. The van der Waals surface area contributed by atoms with Crippen molar-refractivity contribution in [3.8, 4) is 17.0 Å². The van der Waals surface area contributed by atoms with Gasteiger partial charge in [0.25, 0.3) is 0 Å². The second kappa shape index (κ2) is 13.0. The first kappa shape index (κ1) is 29.6. The number of aliphatic carboxylic acids is 1. The van der Waals surface area contributed by atoms with E-state index in [2.05, 4.69) is 47.9 Å². The molecule has 8 nitrogen and oxygen atoms in total. The molecule has 0 amide bonds. The summed E-state index contributed by atoms with van der Waals surface area (Å²) < 4.78 is 17.8. The molecular weight excluding hydrogens is 542 g/mol. The van der Waals surface area contributed by atoms with E-state index in [9.17, 15) is 9.90 Å². The zero-order valence-electron chi connectivity index (χ0n) is 25.6. The van der Waals surface area contributed by atoms with Crippen molar-refractivity contribution < 1.29 is 24.1 Å². The number of carboxylic acid groups (broad SMARTS) is 1. The summed E-state index contributed by atoms with van der Waals surface area (Å²) in [6.45, 7) is 9.85. The number of hydrogen-bond donors (Lipinski definition) is 1. The minimum absolute atomic E-state index is 0.376. The van der Waals surface area contributed by atoms with Crippen LogP contribution in [0.1, 0.15) is 40.7 Å². The Morgan fingerprint density at radius 2 is 1.88 bits per heavy atom. The smallest absolute Gasteiger partial charge is 0.309 e. The monoisotopic (exact) mass is 585 g/mol. The molecule has 0 spiro atoms. The fraction of sp³-hybridized carbons (Fsp3) is 0.486. The molecule has 0 radical (unpaired) electrons. The van der Waals surface area contributed by atoms with E-state index in [4.69, 9.17) is 19.2 Å². The third-order valence-electron chi connectivity index (χ3n) is 9.64. The average molecular weight is 586 g/mol. The molecule has 2 saturated heterocycles. The Hall–Kier alpha value is -3.46. The van der Waals surface area contributed by atoms with E-state index in [1.165, 1.54) is 22.3 Å². The molecule has 2 aromatic carbocycles. The number of methoxy groups -OCH3 is 1. The number of pyridine rings is 1. The summed E-state index contributed by atoms with van der Waals surface area (Å²) in [7, 11) is 1.58. The van der Waals surface area contributed by atoms with E-state index >= 15 is 0 Å². The Bertz CT molecular complexity index is 1450. The lowest BCUT2D eigenvalue weighted by Crippen LogP contribution is -2.47. The topological polar surface area (TPSA) is 84.4 Å². The Kier molecular flexibility index (Phi) is 8.98. The molecule has 43 heavy (non-hydrogen) atoms. The molecule has 0 aliphatic carbocycles. The first-order chi connectivity index (χ1) is 20.9. The van der Waals surface area contributed by atoms with Crippen LogP contribution in [0.4, 0.5) is 5.82 Å². The standard InChI is InChI=1S/C35H43N3O5/c1-23-6-4-7-29(31-8-5-9-33(36-31)38-18-14-30(35(39)40)32(20-38)41-3)34(23)43-21-26-11-10-25-12-16-37(27-15-19-42-22-27)17-13-28(25)24(26)2/h4-11,27,30,32H,12-22H2,1-3H3,(H,39,40)/t27?,30-,32+/m0/s1. The Morgan fingerprint density at radius 3 is 2.67 bits per heavy atom. The fourth-order valence-corrected chi connectivity index (χ4v) is 7.00. The summed E-state index contributed by atoms with van der Waals surface area (Å²) >= 11 is 0. The van der Waals surface area contributed by atoms with Gasteiger partial charge in [-0.15, -0.1) is 0 Å². The lowest BCUT2D eigenvalue weighted by Gasteiger charge is -2.36. The number of aryl methyl sites for hydroxylation is 1. The van der Waals surface area contributed by atoms with Gasteiger partial charge in [0.15, 0.2) is 0 Å². The molecule has 2 fully saturated rings. The maximum Gasteiger partial charge on any atom is 0.309 e. The molecule has 6 rings (SSSR count). The van der Waals surface area contributed by atoms with Crippen LogP contribution in [0.5, 0.6) is 5.75 Å². The number of nitrogens with zero attached hydrogens (tertiary/aromatic N) is 3. The van der Waals surface area contributed by atoms with Crippen molar-refractivity contribution in [3.63, 3.8) is 0 Å². The first-order valence-corrected chi connectivity index (χ1v) is 15.6. The predicted molar refractivity (Wildman–Crippen MR) is 167 cm³/mol. The van der Waals surface area contributed by atoms with Crippen molar-refractivity contribution in [1.82, 2.24) is 9.88 Å². The van der Waals surface area contributed by atoms with Crippen molar-refractivity contribution >= 4 is 11.8 Å². The van der Waals surface area contributed by atoms with Crippen molar-refractivity contribution in [2.24, 2.45) is 5.92 Å². The number of carbonyl (C=O) groups is 1. The molecule has 0 saturated carbocycles. The molecule has 0 bridgehead atoms. The van der Waals surface area contributed by atoms with Gasteiger partial charge in [-0.3, -0.25) is 9.69 Å². The Morgan fingerprint density at radius 1 is 1.05 bits per heavy atom. The highest BCUT2D eigenvalue weighted by atomic mass is 16.5. The maximum absolute atomic E-state index is 11.7. The highest BCUT2D eigenvalue weighted by molar-refractivity contribution is 5.72. The van der Waals surface area contributed by atoms with E-state index in [0.717, 1.165) is 74.0 Å². The van der Waals surface area contributed by atoms with Gasteiger partial charge in [0.2, 0.25) is 0 Å². The molecule has 3 aliphatic rings. The van der Waals surface area contributed by atoms with E-state index in [-0.39, 0.29) is 6.10 Å². The zero-order valence-corrected chi connectivity index (χ0v) is 25.6. The van der Waals surface area contributed by atoms with Crippen molar-refractivity contribution in [2.75, 3.05) is 51.4 Å². The van der Waals surface area contributed by atoms with Gasteiger partial charge in [-0.2, -0.15) is 0 Å². The molecule has 3 atom stereocenters. The van der Waals surface area contributed by atoms with Crippen molar-refractivity contribution in [1.29, 1.82) is 0 Å². The van der Waals surface area contributed by atoms with Gasteiger partial charge in [0, 0.05) is 51.5 Å². The normalized spacial score (nSPS) is 22.7. The summed E-state index contributed by atoms with van der Waals surface area (Å²) in [5.74, 6) is 0.350. The number of benzene rings is 2. The SMILES string of the molecule is CO[C@@H]1CN(c2cccc(-c3cccc(C)c3OCc3ccc4c(c3C)CCN(C3CCOC3)CC4)n2)CC[C@@H]1C(=O)O. The fourth-order valence-electron chi connectivity index (χ4n) is 7.00. The summed E-state index contributed by atoms with van der Waals surface area (Å²) in [5.41, 5.74) is 8.35. The second-order valence-corrected chi connectivity index (χ2v) is 12.1. The third-order valence-corrected chi connectivity index (χ3v) is 9.64. The molecule has 3 aliphatic heterocycles. The lowest BCUT2D eigenvalue weighted by molar-refractivity contribution is -0.147. The highest BCUT2D eigenvalue weighted by Crippen LogP contribution is 2.35. The van der Waals surface area contributed by atoms with E-state index in [1.807, 2.05) is 24.3 Å². The quantitative estimate of drug-likeness (QED) is 0.393. The van der Waals surface area contributed by atoms with E-state index < -0.39 is 11.9 Å². The molecule has 228 valence electrons. The molecule has 8 heteroatoms. The van der Waals surface area contributed by atoms with Crippen LogP contribution >= 0.6 is 0 Å².